The number of carbonyl (C=O) groups is 1. The molecule has 3 fully saturated rings. The van der Waals surface area contributed by atoms with Crippen molar-refractivity contribution in [1.82, 2.24) is 14.5 Å². The summed E-state index contributed by atoms with van der Waals surface area (Å²) in [7, 11) is 0. The number of carbonyl (C=O) groups excluding carboxylic acids is 1. The third-order valence-electron chi connectivity index (χ3n) is 5.23. The molecule has 4 rings (SSSR count). The summed E-state index contributed by atoms with van der Waals surface area (Å²) >= 11 is 0. The van der Waals surface area contributed by atoms with Crippen LogP contribution >= 0.6 is 0 Å². The molecule has 0 bridgehead atoms. The van der Waals surface area contributed by atoms with E-state index in [1.807, 2.05) is 6.20 Å². The van der Waals surface area contributed by atoms with Crippen LogP contribution in [0.2, 0.25) is 0 Å². The van der Waals surface area contributed by atoms with Crippen LogP contribution in [0.4, 0.5) is 0 Å². The molecule has 4 heteroatoms. The van der Waals surface area contributed by atoms with E-state index < -0.39 is 0 Å². The topological polar surface area (TPSA) is 38.1 Å². The summed E-state index contributed by atoms with van der Waals surface area (Å²) in [6.45, 7) is 5.14. The first-order valence-corrected chi connectivity index (χ1v) is 8.53. The molecule has 2 aliphatic carbocycles. The van der Waals surface area contributed by atoms with Crippen molar-refractivity contribution in [2.24, 2.45) is 11.8 Å². The summed E-state index contributed by atoms with van der Waals surface area (Å²) in [4.78, 5) is 19.0. The third kappa shape index (κ3) is 2.72. The predicted molar refractivity (Wildman–Crippen MR) is 81.0 cm³/mol. The summed E-state index contributed by atoms with van der Waals surface area (Å²) in [6.07, 6.45) is 9.26. The number of nitrogens with zero attached hydrogens (tertiary/aromatic N) is 3. The fourth-order valence-corrected chi connectivity index (χ4v) is 3.65. The number of hydrogen-bond donors (Lipinski definition) is 0. The molecular weight excluding hydrogens is 262 g/mol. The Kier molecular flexibility index (Phi) is 3.27. The van der Waals surface area contributed by atoms with E-state index in [9.17, 15) is 4.79 Å². The zero-order valence-electron chi connectivity index (χ0n) is 12.9. The average Bonchev–Trinajstić information content (AvgIpc) is 3.38. The first kappa shape index (κ1) is 13.4. The number of aromatic nitrogens is 2. The summed E-state index contributed by atoms with van der Waals surface area (Å²) in [6, 6.07) is 0. The second-order valence-corrected chi connectivity index (χ2v) is 7.21. The van der Waals surface area contributed by atoms with Gasteiger partial charge in [-0.05, 0) is 51.4 Å². The Hall–Kier alpha value is -1.32. The van der Waals surface area contributed by atoms with Crippen molar-refractivity contribution < 1.29 is 4.79 Å². The van der Waals surface area contributed by atoms with E-state index >= 15 is 0 Å². The summed E-state index contributed by atoms with van der Waals surface area (Å²) in [5.74, 6) is 3.38. The molecule has 1 unspecified atom stereocenters. The van der Waals surface area contributed by atoms with Gasteiger partial charge in [0.25, 0.3) is 0 Å². The third-order valence-corrected chi connectivity index (χ3v) is 5.23. The van der Waals surface area contributed by atoms with Crippen molar-refractivity contribution in [3.63, 3.8) is 0 Å². The second kappa shape index (κ2) is 5.15. The Morgan fingerprint density at radius 1 is 1.29 bits per heavy atom. The van der Waals surface area contributed by atoms with Crippen LogP contribution in [0.3, 0.4) is 0 Å². The van der Waals surface area contributed by atoms with Crippen LogP contribution in [0.25, 0.3) is 0 Å². The lowest BCUT2D eigenvalue weighted by atomic mass is 9.97. The fraction of sp³-hybridized carbons (Fsp3) is 0.765. The maximum atomic E-state index is 12.3. The number of piperidine rings is 1. The molecule has 2 heterocycles. The quantitative estimate of drug-likeness (QED) is 0.854. The Balaban J connectivity index is 1.44. The lowest BCUT2D eigenvalue weighted by Gasteiger charge is -2.33. The molecule has 4 nitrogen and oxygen atoms in total. The number of aryl methyl sites for hydroxylation is 1. The van der Waals surface area contributed by atoms with Crippen molar-refractivity contribution in [3.05, 3.63) is 17.7 Å². The summed E-state index contributed by atoms with van der Waals surface area (Å²) in [5, 5.41) is 0. The van der Waals surface area contributed by atoms with Crippen molar-refractivity contribution >= 4 is 5.91 Å². The van der Waals surface area contributed by atoms with E-state index in [0.717, 1.165) is 38.9 Å². The van der Waals surface area contributed by atoms with Crippen molar-refractivity contribution in [1.29, 1.82) is 0 Å². The van der Waals surface area contributed by atoms with Crippen molar-refractivity contribution in [2.45, 2.75) is 57.9 Å². The Morgan fingerprint density at radius 2 is 2.10 bits per heavy atom. The van der Waals surface area contributed by atoms with Crippen LogP contribution in [0, 0.1) is 18.8 Å². The van der Waals surface area contributed by atoms with Crippen LogP contribution < -0.4 is 0 Å². The van der Waals surface area contributed by atoms with Gasteiger partial charge in [0.1, 0.15) is 5.82 Å². The number of hydrogen-bond acceptors (Lipinski definition) is 2. The lowest BCUT2D eigenvalue weighted by molar-refractivity contribution is -0.134. The van der Waals surface area contributed by atoms with Gasteiger partial charge in [-0.3, -0.25) is 4.79 Å². The molecule has 21 heavy (non-hydrogen) atoms. The molecule has 1 amide bonds. The molecule has 0 radical (unpaired) electrons. The minimum absolute atomic E-state index is 0.362. The van der Waals surface area contributed by atoms with Gasteiger partial charge in [-0.15, -0.1) is 0 Å². The highest BCUT2D eigenvalue weighted by Crippen LogP contribution is 2.40. The zero-order chi connectivity index (χ0) is 14.4. The Labute approximate surface area is 126 Å². The van der Waals surface area contributed by atoms with Gasteiger partial charge in [0.05, 0.1) is 0 Å². The van der Waals surface area contributed by atoms with Gasteiger partial charge in [-0.1, -0.05) is 0 Å². The molecule has 1 saturated heterocycles. The zero-order valence-corrected chi connectivity index (χ0v) is 12.9. The average molecular weight is 287 g/mol. The number of amides is 1. The van der Waals surface area contributed by atoms with E-state index in [2.05, 4.69) is 21.4 Å². The van der Waals surface area contributed by atoms with Gasteiger partial charge in [0, 0.05) is 43.4 Å². The normalized spacial score (nSPS) is 26.1. The Bertz CT molecular complexity index is 542. The molecule has 1 atom stereocenters. The molecule has 3 aliphatic rings. The number of likely N-dealkylation sites (tertiary alicyclic amines) is 1. The van der Waals surface area contributed by atoms with Crippen LogP contribution in [-0.2, 0) is 11.3 Å². The largest absolute Gasteiger partial charge is 0.342 e. The molecule has 1 aromatic rings. The molecule has 0 aromatic carbocycles. The highest BCUT2D eigenvalue weighted by atomic mass is 16.2. The van der Waals surface area contributed by atoms with E-state index in [0.29, 0.717) is 23.7 Å². The first-order valence-electron chi connectivity index (χ1n) is 8.53. The smallest absolute Gasteiger partial charge is 0.225 e. The minimum Gasteiger partial charge on any atom is -0.342 e. The predicted octanol–water partition coefficient (Wildman–Crippen LogP) is 2.72. The molecule has 0 N–H and O–H groups in total. The molecule has 1 aromatic heterocycles. The maximum absolute atomic E-state index is 12.3. The van der Waals surface area contributed by atoms with Gasteiger partial charge in [0.2, 0.25) is 5.91 Å². The molecule has 0 spiro atoms. The van der Waals surface area contributed by atoms with Gasteiger partial charge >= 0.3 is 0 Å². The fourth-order valence-electron chi connectivity index (χ4n) is 3.65. The monoisotopic (exact) mass is 287 g/mol. The van der Waals surface area contributed by atoms with Crippen LogP contribution in [0.5, 0.6) is 0 Å². The second-order valence-electron chi connectivity index (χ2n) is 7.21. The Morgan fingerprint density at radius 3 is 2.81 bits per heavy atom. The van der Waals surface area contributed by atoms with Crippen LogP contribution in [-0.4, -0.2) is 33.4 Å². The van der Waals surface area contributed by atoms with E-state index in [1.165, 1.54) is 30.8 Å². The molecular formula is C17H25N3O. The van der Waals surface area contributed by atoms with Crippen molar-refractivity contribution in [3.8, 4) is 0 Å². The van der Waals surface area contributed by atoms with Crippen LogP contribution in [0.1, 0.15) is 56.0 Å². The van der Waals surface area contributed by atoms with Crippen LogP contribution in [0.15, 0.2) is 6.20 Å². The van der Waals surface area contributed by atoms with E-state index in [4.69, 9.17) is 0 Å². The first-order chi connectivity index (χ1) is 10.2. The van der Waals surface area contributed by atoms with Gasteiger partial charge in [-0.2, -0.15) is 0 Å². The molecule has 2 saturated carbocycles. The number of rotatable bonds is 4. The molecule has 1 aliphatic heterocycles. The van der Waals surface area contributed by atoms with E-state index in [1.54, 1.807) is 0 Å². The highest BCUT2D eigenvalue weighted by Gasteiger charge is 2.36. The number of imidazole rings is 1. The van der Waals surface area contributed by atoms with E-state index in [-0.39, 0.29) is 0 Å². The standard InChI is InChI=1S/C17H25N3O/c1-12-9-18-16(14-4-5-14)20(12)11-13-3-2-8-19(10-13)17(21)15-6-7-15/h9,13-15H,2-8,10-11H2,1H3. The maximum Gasteiger partial charge on any atom is 0.225 e. The van der Waals surface area contributed by atoms with Gasteiger partial charge in [-0.25, -0.2) is 4.98 Å². The minimum atomic E-state index is 0.362. The summed E-state index contributed by atoms with van der Waals surface area (Å²) < 4.78 is 2.42. The lowest BCUT2D eigenvalue weighted by Crippen LogP contribution is -2.42. The van der Waals surface area contributed by atoms with Crippen molar-refractivity contribution in [2.75, 3.05) is 13.1 Å². The van der Waals surface area contributed by atoms with Gasteiger partial charge in [0.15, 0.2) is 0 Å². The molecule has 114 valence electrons. The van der Waals surface area contributed by atoms with Gasteiger partial charge < -0.3 is 9.47 Å². The summed E-state index contributed by atoms with van der Waals surface area (Å²) in [5.41, 5.74) is 1.28. The highest BCUT2D eigenvalue weighted by molar-refractivity contribution is 5.81. The SMILES string of the molecule is Cc1cnc(C2CC2)n1CC1CCCN(C(=O)C2CC2)C1.